The first-order chi connectivity index (χ1) is 5.16. The van der Waals surface area contributed by atoms with Gasteiger partial charge in [0, 0.05) is 0 Å². The second-order valence-electron chi connectivity index (χ2n) is 2.93. The quantitative estimate of drug-likeness (QED) is 0.173. The van der Waals surface area contributed by atoms with Crippen LogP contribution in [0.3, 0.4) is 0 Å². The number of aliphatic hydroxyl groups is 6. The van der Waals surface area contributed by atoms with Crippen LogP contribution in [0.4, 0.5) is 0 Å². The molecular weight excluding hydrogens is 168 g/mol. The summed E-state index contributed by atoms with van der Waals surface area (Å²) in [5.74, 6) is -8.26. The molecule has 0 aromatic heterocycles. The number of hydrogen-bond acceptors (Lipinski definition) is 6. The van der Waals surface area contributed by atoms with Gasteiger partial charge in [0.25, 0.3) is 0 Å². The zero-order chi connectivity index (χ0) is 9.62. The Morgan fingerprint density at radius 2 is 1.33 bits per heavy atom. The Morgan fingerprint density at radius 3 is 1.67 bits per heavy atom. The minimum Gasteiger partial charge on any atom is -0.362 e. The van der Waals surface area contributed by atoms with Gasteiger partial charge in [0.05, 0.1) is 6.42 Å². The highest BCUT2D eigenvalue weighted by Crippen LogP contribution is 2.32. The fourth-order valence-corrected chi connectivity index (χ4v) is 0.935. The van der Waals surface area contributed by atoms with Gasteiger partial charge in [-0.25, -0.2) is 0 Å². The van der Waals surface area contributed by atoms with E-state index in [-0.39, 0.29) is 0 Å². The molecule has 1 aliphatic rings. The van der Waals surface area contributed by atoms with Crippen molar-refractivity contribution in [3.63, 3.8) is 0 Å². The monoisotopic (exact) mass is 178 g/mol. The van der Waals surface area contributed by atoms with Gasteiger partial charge in [-0.1, -0.05) is 0 Å². The summed E-state index contributed by atoms with van der Waals surface area (Å²) in [5, 5.41) is 53.3. The third-order valence-corrected chi connectivity index (χ3v) is 1.68. The smallest absolute Gasteiger partial charge is 0.239 e. The lowest BCUT2D eigenvalue weighted by atomic mass is 9.90. The van der Waals surface area contributed by atoms with E-state index < -0.39 is 23.8 Å². The van der Waals surface area contributed by atoms with E-state index >= 15 is 0 Å². The lowest BCUT2D eigenvalue weighted by molar-refractivity contribution is -0.364. The molecule has 0 unspecified atom stereocenters. The molecule has 0 saturated carbocycles. The largest absolute Gasteiger partial charge is 0.362 e. The topological polar surface area (TPSA) is 121 Å². The van der Waals surface area contributed by atoms with Gasteiger partial charge in [-0.3, -0.25) is 0 Å². The zero-order valence-electron chi connectivity index (χ0n) is 6.05. The van der Waals surface area contributed by atoms with Crippen LogP contribution >= 0.6 is 0 Å². The van der Waals surface area contributed by atoms with Crippen LogP contribution in [0.1, 0.15) is 6.42 Å². The molecule has 6 heteroatoms. The van der Waals surface area contributed by atoms with Crippen molar-refractivity contribution in [2.45, 2.75) is 23.8 Å². The van der Waals surface area contributed by atoms with E-state index in [1.807, 2.05) is 0 Å². The van der Waals surface area contributed by atoms with E-state index in [0.717, 1.165) is 0 Å². The standard InChI is InChI=1S/C6H10O6/c7-4(8)1-2-5(9,10)6(11,12)3-4/h1-2,7-12H,3H2. The third kappa shape index (κ3) is 1.48. The first-order valence-electron chi connectivity index (χ1n) is 3.21. The molecule has 0 spiro atoms. The second kappa shape index (κ2) is 2.25. The molecule has 1 rings (SSSR count). The summed E-state index contributed by atoms with van der Waals surface area (Å²) in [6, 6.07) is 0. The minimum absolute atomic E-state index is 0.497. The predicted octanol–water partition coefficient (Wildman–Crippen LogP) is -3.01. The Hall–Kier alpha value is -0.500. The second-order valence-corrected chi connectivity index (χ2v) is 2.93. The Bertz CT molecular complexity index is 216. The lowest BCUT2D eigenvalue weighted by Gasteiger charge is -2.39. The first-order valence-corrected chi connectivity index (χ1v) is 3.21. The van der Waals surface area contributed by atoms with Crippen LogP contribution in [0.5, 0.6) is 0 Å². The Morgan fingerprint density at radius 1 is 0.833 bits per heavy atom. The lowest BCUT2D eigenvalue weighted by Crippen LogP contribution is -2.59. The summed E-state index contributed by atoms with van der Waals surface area (Å²) in [6.07, 6.45) is 0.164. The van der Waals surface area contributed by atoms with Crippen molar-refractivity contribution in [2.24, 2.45) is 0 Å². The van der Waals surface area contributed by atoms with Gasteiger partial charge < -0.3 is 30.6 Å². The van der Waals surface area contributed by atoms with Crippen molar-refractivity contribution in [2.75, 3.05) is 0 Å². The van der Waals surface area contributed by atoms with Crippen LogP contribution in [-0.4, -0.2) is 48.0 Å². The molecule has 0 amide bonds. The van der Waals surface area contributed by atoms with Gasteiger partial charge in [0.15, 0.2) is 5.79 Å². The van der Waals surface area contributed by atoms with Crippen LogP contribution in [-0.2, 0) is 0 Å². The molecular formula is C6H10O6. The molecule has 1 aliphatic carbocycles. The molecule has 6 nitrogen and oxygen atoms in total. The molecule has 12 heavy (non-hydrogen) atoms. The van der Waals surface area contributed by atoms with E-state index in [0.29, 0.717) is 12.2 Å². The average molecular weight is 178 g/mol. The van der Waals surface area contributed by atoms with E-state index in [1.54, 1.807) is 0 Å². The van der Waals surface area contributed by atoms with Crippen LogP contribution < -0.4 is 0 Å². The number of rotatable bonds is 0. The normalized spacial score (nSPS) is 30.2. The highest BCUT2D eigenvalue weighted by Gasteiger charge is 2.53. The molecule has 0 heterocycles. The van der Waals surface area contributed by atoms with Crippen LogP contribution in [0.2, 0.25) is 0 Å². The van der Waals surface area contributed by atoms with E-state index in [2.05, 4.69) is 0 Å². The SMILES string of the molecule is OC1(O)C=CC(O)(O)C(O)(O)C1. The van der Waals surface area contributed by atoms with Crippen LogP contribution in [0.15, 0.2) is 12.2 Å². The fourth-order valence-electron chi connectivity index (χ4n) is 0.935. The molecule has 0 aromatic carbocycles. The maximum absolute atomic E-state index is 8.92. The van der Waals surface area contributed by atoms with Crippen molar-refractivity contribution in [3.8, 4) is 0 Å². The molecule has 0 fully saturated rings. The molecule has 0 atom stereocenters. The Kier molecular flexibility index (Phi) is 1.80. The first kappa shape index (κ1) is 9.59. The van der Waals surface area contributed by atoms with Crippen LogP contribution in [0.25, 0.3) is 0 Å². The summed E-state index contributed by atoms with van der Waals surface area (Å²) >= 11 is 0. The van der Waals surface area contributed by atoms with Crippen molar-refractivity contribution in [1.82, 2.24) is 0 Å². The maximum atomic E-state index is 8.92. The Balaban J connectivity index is 3.01. The molecule has 0 aliphatic heterocycles. The molecule has 0 bridgehead atoms. The van der Waals surface area contributed by atoms with Crippen LogP contribution in [0, 0.1) is 0 Å². The van der Waals surface area contributed by atoms with Crippen molar-refractivity contribution < 1.29 is 30.6 Å². The number of hydrogen-bond donors (Lipinski definition) is 6. The summed E-state index contributed by atoms with van der Waals surface area (Å²) in [4.78, 5) is 0. The summed E-state index contributed by atoms with van der Waals surface area (Å²) in [6.45, 7) is 0. The van der Waals surface area contributed by atoms with E-state index in [1.165, 1.54) is 0 Å². The molecule has 0 aromatic rings. The van der Waals surface area contributed by atoms with Crippen molar-refractivity contribution in [3.05, 3.63) is 12.2 Å². The van der Waals surface area contributed by atoms with Gasteiger partial charge in [-0.2, -0.15) is 0 Å². The van der Waals surface area contributed by atoms with Crippen molar-refractivity contribution in [1.29, 1.82) is 0 Å². The minimum atomic E-state index is -2.97. The van der Waals surface area contributed by atoms with E-state index in [4.69, 9.17) is 30.6 Å². The van der Waals surface area contributed by atoms with Gasteiger partial charge in [0.1, 0.15) is 0 Å². The molecule has 0 saturated heterocycles. The molecule has 0 radical (unpaired) electrons. The molecule has 70 valence electrons. The predicted molar refractivity (Wildman–Crippen MR) is 35.3 cm³/mol. The van der Waals surface area contributed by atoms with E-state index in [9.17, 15) is 0 Å². The Labute approximate surface area is 67.6 Å². The zero-order valence-corrected chi connectivity index (χ0v) is 6.05. The van der Waals surface area contributed by atoms with Gasteiger partial charge in [-0.15, -0.1) is 0 Å². The summed E-state index contributed by atoms with van der Waals surface area (Å²) < 4.78 is 0. The van der Waals surface area contributed by atoms with Gasteiger partial charge in [-0.05, 0) is 12.2 Å². The van der Waals surface area contributed by atoms with Crippen molar-refractivity contribution >= 4 is 0 Å². The van der Waals surface area contributed by atoms with Gasteiger partial charge >= 0.3 is 0 Å². The average Bonchev–Trinajstić information content (AvgIpc) is 1.79. The maximum Gasteiger partial charge on any atom is 0.239 e. The summed E-state index contributed by atoms with van der Waals surface area (Å²) in [7, 11) is 0. The third-order valence-electron chi connectivity index (χ3n) is 1.68. The fraction of sp³-hybridized carbons (Fsp3) is 0.667. The highest BCUT2D eigenvalue weighted by molar-refractivity contribution is 5.13. The molecule has 6 N–H and O–H groups in total. The highest BCUT2D eigenvalue weighted by atomic mass is 16.6. The summed E-state index contributed by atoms with van der Waals surface area (Å²) in [5.41, 5.74) is 0. The van der Waals surface area contributed by atoms with Gasteiger partial charge in [0.2, 0.25) is 11.6 Å².